The molecule has 5 nitrogen and oxygen atoms in total. The highest BCUT2D eigenvalue weighted by molar-refractivity contribution is 14.0. The van der Waals surface area contributed by atoms with Gasteiger partial charge in [0.05, 0.1) is 7.11 Å². The fourth-order valence-electron chi connectivity index (χ4n) is 3.28. The van der Waals surface area contributed by atoms with Crippen LogP contribution in [0.5, 0.6) is 5.75 Å². The molecule has 3 rings (SSSR count). The molecule has 2 aromatic carbocycles. The van der Waals surface area contributed by atoms with Crippen LogP contribution in [0.1, 0.15) is 11.1 Å². The number of hydrogen-bond donors (Lipinski definition) is 2. The van der Waals surface area contributed by atoms with E-state index in [9.17, 15) is 0 Å². The lowest BCUT2D eigenvalue weighted by molar-refractivity contribution is 0.409. The van der Waals surface area contributed by atoms with E-state index in [2.05, 4.69) is 50.9 Å². The molecule has 1 aliphatic heterocycles. The average molecular weight is 526 g/mol. The topological polar surface area (TPSA) is 48.9 Å². The van der Waals surface area contributed by atoms with Gasteiger partial charge in [-0.05, 0) is 35.7 Å². The maximum atomic E-state index is 5.41. The Morgan fingerprint density at radius 3 is 2.48 bits per heavy atom. The minimum Gasteiger partial charge on any atom is -0.496 e. The Morgan fingerprint density at radius 2 is 1.79 bits per heavy atom. The molecular weight excluding hydrogens is 495 g/mol. The van der Waals surface area contributed by atoms with Crippen LogP contribution in [0.4, 0.5) is 5.69 Å². The number of para-hydroxylation sites is 1. The van der Waals surface area contributed by atoms with E-state index < -0.39 is 0 Å². The van der Waals surface area contributed by atoms with Crippen molar-refractivity contribution in [2.45, 2.75) is 13.0 Å². The molecular formula is C22H31IN4OS. The van der Waals surface area contributed by atoms with Crippen LogP contribution in [0.3, 0.4) is 0 Å². The predicted octanol–water partition coefficient (Wildman–Crippen LogP) is 3.77. The van der Waals surface area contributed by atoms with Crippen LogP contribution in [0.2, 0.25) is 0 Å². The molecule has 0 saturated carbocycles. The van der Waals surface area contributed by atoms with Gasteiger partial charge < -0.3 is 20.3 Å². The summed E-state index contributed by atoms with van der Waals surface area (Å²) in [5.41, 5.74) is 3.77. The number of thioether (sulfide) groups is 1. The van der Waals surface area contributed by atoms with Gasteiger partial charge in [0.25, 0.3) is 0 Å². The molecule has 1 saturated heterocycles. The van der Waals surface area contributed by atoms with Gasteiger partial charge in [0, 0.05) is 50.4 Å². The maximum absolute atomic E-state index is 5.41. The third-order valence-corrected chi connectivity index (χ3v) is 5.82. The quantitative estimate of drug-likeness (QED) is 0.327. The van der Waals surface area contributed by atoms with Gasteiger partial charge in [-0.15, -0.1) is 24.0 Å². The summed E-state index contributed by atoms with van der Waals surface area (Å²) in [6.45, 7) is 3.84. The van der Waals surface area contributed by atoms with Crippen molar-refractivity contribution in [2.24, 2.45) is 4.99 Å². The summed E-state index contributed by atoms with van der Waals surface area (Å²) in [5.74, 6) is 4.19. The number of benzene rings is 2. The predicted molar refractivity (Wildman–Crippen MR) is 136 cm³/mol. The standard InChI is InChI=1S/C22H30N4OS.HI/c1-23-22(24-12-11-19-5-3-4-6-21(19)27-2)25-17-18-7-9-20(10-8-18)26-13-15-28-16-14-26;/h3-10H,11-17H2,1-2H3,(H2,23,24,25);1H. The van der Waals surface area contributed by atoms with E-state index in [0.717, 1.165) is 44.3 Å². The average Bonchev–Trinajstić information content (AvgIpc) is 2.77. The minimum absolute atomic E-state index is 0. The third kappa shape index (κ3) is 7.29. The van der Waals surface area contributed by atoms with Crippen molar-refractivity contribution in [3.8, 4) is 5.75 Å². The third-order valence-electron chi connectivity index (χ3n) is 4.88. The first kappa shape index (κ1) is 23.7. The number of anilines is 1. The molecule has 2 N–H and O–H groups in total. The molecule has 0 aromatic heterocycles. The van der Waals surface area contributed by atoms with Gasteiger partial charge in [-0.2, -0.15) is 11.8 Å². The van der Waals surface area contributed by atoms with Crippen LogP contribution in [0.25, 0.3) is 0 Å². The van der Waals surface area contributed by atoms with E-state index in [1.807, 2.05) is 30.0 Å². The van der Waals surface area contributed by atoms with Crippen LogP contribution in [0, 0.1) is 0 Å². The first-order valence-corrected chi connectivity index (χ1v) is 10.9. The molecule has 7 heteroatoms. The van der Waals surface area contributed by atoms with Gasteiger partial charge in [-0.1, -0.05) is 30.3 Å². The maximum Gasteiger partial charge on any atom is 0.191 e. The van der Waals surface area contributed by atoms with Crippen molar-refractivity contribution in [3.05, 3.63) is 59.7 Å². The van der Waals surface area contributed by atoms with Gasteiger partial charge in [0.15, 0.2) is 5.96 Å². The summed E-state index contributed by atoms with van der Waals surface area (Å²) in [5, 5.41) is 6.77. The summed E-state index contributed by atoms with van der Waals surface area (Å²) in [4.78, 5) is 6.78. The lowest BCUT2D eigenvalue weighted by atomic mass is 10.1. The van der Waals surface area contributed by atoms with Gasteiger partial charge in [-0.3, -0.25) is 4.99 Å². The van der Waals surface area contributed by atoms with Crippen LogP contribution in [-0.2, 0) is 13.0 Å². The first-order chi connectivity index (χ1) is 13.8. The second kappa shape index (κ2) is 12.8. The van der Waals surface area contributed by atoms with Crippen molar-refractivity contribution < 1.29 is 4.74 Å². The molecule has 0 atom stereocenters. The summed E-state index contributed by atoms with van der Waals surface area (Å²) in [6.07, 6.45) is 0.882. The van der Waals surface area contributed by atoms with E-state index in [0.29, 0.717) is 0 Å². The Balaban J connectivity index is 0.00000300. The largest absolute Gasteiger partial charge is 0.496 e. The van der Waals surface area contributed by atoms with Crippen molar-refractivity contribution in [1.82, 2.24) is 10.6 Å². The van der Waals surface area contributed by atoms with Crippen LogP contribution < -0.4 is 20.3 Å². The smallest absolute Gasteiger partial charge is 0.191 e. The second-order valence-electron chi connectivity index (χ2n) is 6.68. The highest BCUT2D eigenvalue weighted by Gasteiger charge is 2.10. The number of guanidine groups is 1. The highest BCUT2D eigenvalue weighted by atomic mass is 127. The summed E-state index contributed by atoms with van der Waals surface area (Å²) < 4.78 is 5.41. The second-order valence-corrected chi connectivity index (χ2v) is 7.91. The molecule has 0 radical (unpaired) electrons. The van der Waals surface area contributed by atoms with Crippen molar-refractivity contribution >= 4 is 47.4 Å². The number of ether oxygens (including phenoxy) is 1. The monoisotopic (exact) mass is 526 g/mol. The molecule has 0 spiro atoms. The molecule has 0 amide bonds. The van der Waals surface area contributed by atoms with Gasteiger partial charge in [-0.25, -0.2) is 0 Å². The molecule has 29 heavy (non-hydrogen) atoms. The summed E-state index contributed by atoms with van der Waals surface area (Å²) >= 11 is 2.04. The van der Waals surface area contributed by atoms with Crippen LogP contribution in [0.15, 0.2) is 53.5 Å². The van der Waals surface area contributed by atoms with Crippen molar-refractivity contribution in [2.75, 3.05) is 50.2 Å². The van der Waals surface area contributed by atoms with Crippen LogP contribution >= 0.6 is 35.7 Å². The fraction of sp³-hybridized carbons (Fsp3) is 0.409. The number of nitrogens with zero attached hydrogens (tertiary/aromatic N) is 2. The van der Waals surface area contributed by atoms with Gasteiger partial charge in [0.1, 0.15) is 5.75 Å². The Morgan fingerprint density at radius 1 is 1.07 bits per heavy atom. The Hall–Kier alpha value is -1.61. The van der Waals surface area contributed by atoms with Gasteiger partial charge >= 0.3 is 0 Å². The Kier molecular flexibility index (Phi) is 10.5. The molecule has 1 aliphatic rings. The number of halogens is 1. The van der Waals surface area contributed by atoms with E-state index in [1.165, 1.54) is 28.3 Å². The summed E-state index contributed by atoms with van der Waals surface area (Å²) in [6, 6.07) is 17.0. The number of hydrogen-bond acceptors (Lipinski definition) is 4. The zero-order valence-corrected chi connectivity index (χ0v) is 20.3. The molecule has 0 unspecified atom stereocenters. The lowest BCUT2D eigenvalue weighted by Crippen LogP contribution is -2.37. The number of aliphatic imine (C=N–C) groups is 1. The zero-order chi connectivity index (χ0) is 19.6. The van der Waals surface area contributed by atoms with E-state index in [-0.39, 0.29) is 24.0 Å². The minimum atomic E-state index is 0. The highest BCUT2D eigenvalue weighted by Crippen LogP contribution is 2.20. The molecule has 0 bridgehead atoms. The van der Waals surface area contributed by atoms with Crippen molar-refractivity contribution in [3.63, 3.8) is 0 Å². The number of rotatable bonds is 7. The normalized spacial score (nSPS) is 14.1. The van der Waals surface area contributed by atoms with E-state index in [1.54, 1.807) is 14.2 Å². The molecule has 1 fully saturated rings. The van der Waals surface area contributed by atoms with E-state index >= 15 is 0 Å². The lowest BCUT2D eigenvalue weighted by Gasteiger charge is -2.28. The number of nitrogens with one attached hydrogen (secondary N) is 2. The van der Waals surface area contributed by atoms with E-state index in [4.69, 9.17) is 4.74 Å². The Labute approximate surface area is 195 Å². The van der Waals surface area contributed by atoms with Crippen molar-refractivity contribution in [1.29, 1.82) is 0 Å². The van der Waals surface area contributed by atoms with Crippen LogP contribution in [-0.4, -0.2) is 51.3 Å². The molecule has 2 aromatic rings. The SMILES string of the molecule is CN=C(NCCc1ccccc1OC)NCc1ccc(N2CCSCC2)cc1.I. The molecule has 158 valence electrons. The summed E-state index contributed by atoms with van der Waals surface area (Å²) in [7, 11) is 3.51. The number of methoxy groups -OCH3 is 1. The molecule has 1 heterocycles. The first-order valence-electron chi connectivity index (χ1n) is 9.78. The Bertz CT molecular complexity index is 764. The molecule has 0 aliphatic carbocycles. The fourth-order valence-corrected chi connectivity index (χ4v) is 4.18. The van der Waals surface area contributed by atoms with Gasteiger partial charge in [0.2, 0.25) is 0 Å². The zero-order valence-electron chi connectivity index (χ0n) is 17.2.